The Morgan fingerprint density at radius 1 is 1.67 bits per heavy atom. The SMILES string of the molecule is CC(=O)N1C=C(C#N)Oc2cccnc21. The van der Waals surface area contributed by atoms with E-state index in [-0.39, 0.29) is 11.7 Å². The van der Waals surface area contributed by atoms with Crippen LogP contribution in [0.15, 0.2) is 30.3 Å². The molecule has 0 aliphatic carbocycles. The molecule has 5 heteroatoms. The van der Waals surface area contributed by atoms with Crippen LogP contribution < -0.4 is 9.64 Å². The Labute approximate surface area is 86.2 Å². The second-order valence-corrected chi connectivity index (χ2v) is 2.92. The Kier molecular flexibility index (Phi) is 2.10. The van der Waals surface area contributed by atoms with Gasteiger partial charge in [0.25, 0.3) is 0 Å². The number of rotatable bonds is 0. The Balaban J connectivity index is 2.53. The van der Waals surface area contributed by atoms with Gasteiger partial charge in [-0.2, -0.15) is 5.26 Å². The zero-order valence-electron chi connectivity index (χ0n) is 7.97. The van der Waals surface area contributed by atoms with Gasteiger partial charge < -0.3 is 4.74 Å². The molecule has 2 rings (SSSR count). The average Bonchev–Trinajstić information content (AvgIpc) is 2.27. The zero-order chi connectivity index (χ0) is 10.8. The van der Waals surface area contributed by atoms with Crippen LogP contribution >= 0.6 is 0 Å². The quantitative estimate of drug-likeness (QED) is 0.632. The number of fused-ring (bicyclic) bond motifs is 1. The molecule has 0 atom stereocenters. The normalized spacial score (nSPS) is 13.3. The van der Waals surface area contributed by atoms with E-state index in [1.807, 2.05) is 6.07 Å². The first-order valence-corrected chi connectivity index (χ1v) is 4.27. The highest BCUT2D eigenvalue weighted by Crippen LogP contribution is 2.31. The van der Waals surface area contributed by atoms with Crippen molar-refractivity contribution in [3.05, 3.63) is 30.3 Å². The molecule has 0 radical (unpaired) electrons. The first-order valence-electron chi connectivity index (χ1n) is 4.27. The van der Waals surface area contributed by atoms with E-state index < -0.39 is 0 Å². The van der Waals surface area contributed by atoms with Crippen LogP contribution in [0.5, 0.6) is 5.75 Å². The Morgan fingerprint density at radius 3 is 3.13 bits per heavy atom. The topological polar surface area (TPSA) is 66.2 Å². The maximum absolute atomic E-state index is 11.3. The highest BCUT2D eigenvalue weighted by atomic mass is 16.5. The predicted octanol–water partition coefficient (Wildman–Crippen LogP) is 1.19. The standard InChI is InChI=1S/C10H7N3O2/c1-7(14)13-6-8(5-11)15-9-3-2-4-12-10(9)13/h2-4,6H,1H3. The lowest BCUT2D eigenvalue weighted by Gasteiger charge is -2.22. The number of anilines is 1. The molecule has 1 aliphatic heterocycles. The number of carbonyl (C=O) groups excluding carboxylic acids is 1. The van der Waals surface area contributed by atoms with E-state index in [2.05, 4.69) is 4.98 Å². The third-order valence-electron chi connectivity index (χ3n) is 1.89. The first-order chi connectivity index (χ1) is 7.22. The molecule has 0 bridgehead atoms. The molecular weight excluding hydrogens is 194 g/mol. The number of nitriles is 1. The summed E-state index contributed by atoms with van der Waals surface area (Å²) < 4.78 is 5.21. The number of ether oxygens (including phenoxy) is 1. The molecule has 1 aromatic heterocycles. The van der Waals surface area contributed by atoms with E-state index >= 15 is 0 Å². The molecule has 0 spiro atoms. The monoisotopic (exact) mass is 201 g/mol. The van der Waals surface area contributed by atoms with Crippen LogP contribution in [0, 0.1) is 11.3 Å². The average molecular weight is 201 g/mol. The van der Waals surface area contributed by atoms with Crippen LogP contribution in [-0.4, -0.2) is 10.9 Å². The summed E-state index contributed by atoms with van der Waals surface area (Å²) in [5.41, 5.74) is 0. The van der Waals surface area contributed by atoms with Gasteiger partial charge in [0.1, 0.15) is 6.07 Å². The third kappa shape index (κ3) is 1.53. The second-order valence-electron chi connectivity index (χ2n) is 2.92. The number of pyridine rings is 1. The fourth-order valence-electron chi connectivity index (χ4n) is 1.26. The van der Waals surface area contributed by atoms with Gasteiger partial charge in [0.2, 0.25) is 11.7 Å². The lowest BCUT2D eigenvalue weighted by atomic mass is 10.3. The van der Waals surface area contributed by atoms with Crippen molar-refractivity contribution in [1.29, 1.82) is 5.26 Å². The van der Waals surface area contributed by atoms with Gasteiger partial charge in [-0.15, -0.1) is 0 Å². The maximum Gasteiger partial charge on any atom is 0.229 e. The van der Waals surface area contributed by atoms with Crippen LogP contribution in [0.2, 0.25) is 0 Å². The lowest BCUT2D eigenvalue weighted by molar-refractivity contribution is -0.116. The summed E-state index contributed by atoms with van der Waals surface area (Å²) in [6, 6.07) is 5.18. The third-order valence-corrected chi connectivity index (χ3v) is 1.89. The van der Waals surface area contributed by atoms with Gasteiger partial charge in [-0.25, -0.2) is 4.98 Å². The zero-order valence-corrected chi connectivity index (χ0v) is 7.97. The molecule has 0 saturated carbocycles. The Hall–Kier alpha value is -2.35. The van der Waals surface area contributed by atoms with Gasteiger partial charge in [0.15, 0.2) is 11.6 Å². The lowest BCUT2D eigenvalue weighted by Crippen LogP contribution is -2.27. The van der Waals surface area contributed by atoms with Crippen molar-refractivity contribution in [1.82, 2.24) is 4.98 Å². The minimum atomic E-state index is -0.217. The smallest absolute Gasteiger partial charge is 0.229 e. The molecule has 1 aromatic rings. The number of hydrogen-bond acceptors (Lipinski definition) is 4. The molecule has 0 aromatic carbocycles. The van der Waals surface area contributed by atoms with Crippen molar-refractivity contribution in [2.45, 2.75) is 6.92 Å². The molecule has 0 saturated heterocycles. The summed E-state index contributed by atoms with van der Waals surface area (Å²) in [6.07, 6.45) is 2.89. The molecule has 5 nitrogen and oxygen atoms in total. The van der Waals surface area contributed by atoms with Crippen LogP contribution in [-0.2, 0) is 4.79 Å². The molecule has 15 heavy (non-hydrogen) atoms. The van der Waals surface area contributed by atoms with Gasteiger partial charge in [-0.05, 0) is 12.1 Å². The summed E-state index contributed by atoms with van der Waals surface area (Å²) in [7, 11) is 0. The van der Waals surface area contributed by atoms with E-state index in [0.29, 0.717) is 11.6 Å². The molecule has 0 unspecified atom stereocenters. The van der Waals surface area contributed by atoms with Gasteiger partial charge in [-0.3, -0.25) is 9.69 Å². The van der Waals surface area contributed by atoms with Gasteiger partial charge in [0, 0.05) is 13.1 Å². The number of nitrogens with zero attached hydrogens (tertiary/aromatic N) is 3. The Bertz CT molecular complexity index is 488. The fraction of sp³-hybridized carbons (Fsp3) is 0.100. The van der Waals surface area contributed by atoms with Gasteiger partial charge >= 0.3 is 0 Å². The summed E-state index contributed by atoms with van der Waals surface area (Å²) in [5.74, 6) is 0.674. The summed E-state index contributed by atoms with van der Waals surface area (Å²) in [5, 5.41) is 8.71. The van der Waals surface area contributed by atoms with E-state index in [1.165, 1.54) is 18.0 Å². The van der Waals surface area contributed by atoms with E-state index in [1.54, 1.807) is 18.3 Å². The molecule has 0 N–H and O–H groups in total. The molecule has 74 valence electrons. The maximum atomic E-state index is 11.3. The number of hydrogen-bond donors (Lipinski definition) is 0. The van der Waals surface area contributed by atoms with Crippen molar-refractivity contribution >= 4 is 11.7 Å². The number of aromatic nitrogens is 1. The summed E-state index contributed by atoms with van der Waals surface area (Å²) >= 11 is 0. The van der Waals surface area contributed by atoms with E-state index in [0.717, 1.165) is 0 Å². The van der Waals surface area contributed by atoms with Crippen LogP contribution in [0.3, 0.4) is 0 Å². The van der Waals surface area contributed by atoms with E-state index in [9.17, 15) is 4.79 Å². The number of amides is 1. The molecule has 1 amide bonds. The first kappa shape index (κ1) is 9.21. The fourth-order valence-corrected chi connectivity index (χ4v) is 1.26. The van der Waals surface area contributed by atoms with Crippen molar-refractivity contribution in [2.75, 3.05) is 4.90 Å². The largest absolute Gasteiger partial charge is 0.441 e. The van der Waals surface area contributed by atoms with Crippen LogP contribution in [0.1, 0.15) is 6.92 Å². The van der Waals surface area contributed by atoms with Gasteiger partial charge in [-0.1, -0.05) is 0 Å². The predicted molar refractivity (Wildman–Crippen MR) is 51.7 cm³/mol. The van der Waals surface area contributed by atoms with Crippen molar-refractivity contribution in [3.63, 3.8) is 0 Å². The highest BCUT2D eigenvalue weighted by Gasteiger charge is 2.22. The van der Waals surface area contributed by atoms with Crippen LogP contribution in [0.4, 0.5) is 5.82 Å². The minimum Gasteiger partial charge on any atom is -0.441 e. The summed E-state index contributed by atoms with van der Waals surface area (Å²) in [4.78, 5) is 16.6. The molecular formula is C10H7N3O2. The van der Waals surface area contributed by atoms with Crippen molar-refractivity contribution < 1.29 is 9.53 Å². The Morgan fingerprint density at radius 2 is 2.47 bits per heavy atom. The molecule has 2 heterocycles. The highest BCUT2D eigenvalue weighted by molar-refractivity contribution is 5.94. The van der Waals surface area contributed by atoms with Crippen molar-refractivity contribution in [3.8, 4) is 11.8 Å². The van der Waals surface area contributed by atoms with Gasteiger partial charge in [0.05, 0.1) is 6.20 Å². The van der Waals surface area contributed by atoms with Crippen molar-refractivity contribution in [2.24, 2.45) is 0 Å². The minimum absolute atomic E-state index is 0.0747. The van der Waals surface area contributed by atoms with Crippen LogP contribution in [0.25, 0.3) is 0 Å². The summed E-state index contributed by atoms with van der Waals surface area (Å²) in [6.45, 7) is 1.40. The number of allylic oxidation sites excluding steroid dienone is 1. The number of carbonyl (C=O) groups is 1. The molecule has 0 fully saturated rings. The van der Waals surface area contributed by atoms with E-state index in [4.69, 9.17) is 10.00 Å². The second kappa shape index (κ2) is 3.42. The molecule has 1 aliphatic rings.